The molecular weight excluding hydrogens is 130 g/mol. The molecule has 0 amide bonds. The molecule has 1 aliphatic rings. The van der Waals surface area contributed by atoms with Crippen molar-refractivity contribution in [1.82, 2.24) is 4.98 Å². The maximum absolute atomic E-state index is 10.9. The number of H-pyrrole nitrogens is 1. The molecule has 1 aliphatic carbocycles. The number of rotatable bonds is 0. The molecule has 3 nitrogen and oxygen atoms in total. The van der Waals surface area contributed by atoms with Crippen molar-refractivity contribution in [3.05, 3.63) is 23.5 Å². The second kappa shape index (κ2) is 1.56. The van der Waals surface area contributed by atoms with E-state index in [4.69, 9.17) is 0 Å². The van der Waals surface area contributed by atoms with Crippen LogP contribution in [0.2, 0.25) is 0 Å². The summed E-state index contributed by atoms with van der Waals surface area (Å²) in [4.78, 5) is 24.5. The molecule has 1 heterocycles. The fraction of sp³-hybridized carbons (Fsp3) is 0.143. The van der Waals surface area contributed by atoms with E-state index < -0.39 is 0 Å². The van der Waals surface area contributed by atoms with Crippen LogP contribution in [0.4, 0.5) is 0 Å². The Bertz CT molecular complexity index is 283. The number of carbonyl (C=O) groups is 2. The van der Waals surface area contributed by atoms with E-state index in [2.05, 4.69) is 4.98 Å². The van der Waals surface area contributed by atoms with Gasteiger partial charge in [0.05, 0.1) is 6.42 Å². The van der Waals surface area contributed by atoms with Gasteiger partial charge in [-0.3, -0.25) is 9.59 Å². The zero-order valence-electron chi connectivity index (χ0n) is 5.18. The highest BCUT2D eigenvalue weighted by molar-refractivity contribution is 6.24. The molecule has 0 fully saturated rings. The fourth-order valence-electron chi connectivity index (χ4n) is 1.16. The predicted molar refractivity (Wildman–Crippen MR) is 34.1 cm³/mol. The molecule has 0 bridgehead atoms. The number of aromatic nitrogens is 1. The molecule has 0 aromatic carbocycles. The quantitative estimate of drug-likeness (QED) is 0.534. The molecule has 3 heteroatoms. The van der Waals surface area contributed by atoms with E-state index in [1.807, 2.05) is 0 Å². The van der Waals surface area contributed by atoms with Crippen molar-refractivity contribution >= 4 is 11.6 Å². The lowest BCUT2D eigenvalue weighted by Crippen LogP contribution is -1.92. The van der Waals surface area contributed by atoms with Crippen LogP contribution in [0.1, 0.15) is 27.1 Å². The summed E-state index contributed by atoms with van der Waals surface area (Å²) in [5, 5.41) is 0. The summed E-state index contributed by atoms with van der Waals surface area (Å²) >= 11 is 0. The van der Waals surface area contributed by atoms with Crippen molar-refractivity contribution in [2.75, 3.05) is 0 Å². The van der Waals surface area contributed by atoms with E-state index in [-0.39, 0.29) is 18.0 Å². The minimum absolute atomic E-state index is 0.0549. The van der Waals surface area contributed by atoms with E-state index in [1.54, 1.807) is 12.4 Å². The molecule has 2 rings (SSSR count). The number of carbonyl (C=O) groups excluding carboxylic acids is 2. The van der Waals surface area contributed by atoms with Crippen LogP contribution in [0.15, 0.2) is 12.4 Å². The number of aromatic amines is 1. The number of fused-ring (bicyclic) bond motifs is 1. The third kappa shape index (κ3) is 0.492. The molecule has 0 saturated carbocycles. The van der Waals surface area contributed by atoms with Crippen molar-refractivity contribution in [1.29, 1.82) is 0 Å². The summed E-state index contributed by atoms with van der Waals surface area (Å²) in [5.74, 6) is -0.137. The Balaban J connectivity index is 2.69. The Morgan fingerprint density at radius 2 is 1.60 bits per heavy atom. The third-order valence-corrected chi connectivity index (χ3v) is 1.67. The van der Waals surface area contributed by atoms with Gasteiger partial charge < -0.3 is 4.98 Å². The normalized spacial score (nSPS) is 16.0. The highest BCUT2D eigenvalue weighted by Gasteiger charge is 2.27. The van der Waals surface area contributed by atoms with Crippen LogP contribution < -0.4 is 0 Å². The van der Waals surface area contributed by atoms with Gasteiger partial charge >= 0.3 is 0 Å². The molecule has 1 aromatic heterocycles. The topological polar surface area (TPSA) is 49.9 Å². The highest BCUT2D eigenvalue weighted by atomic mass is 16.2. The Kier molecular flexibility index (Phi) is 0.845. The van der Waals surface area contributed by atoms with Crippen LogP contribution >= 0.6 is 0 Å². The van der Waals surface area contributed by atoms with Crippen LogP contribution in [0.3, 0.4) is 0 Å². The van der Waals surface area contributed by atoms with Gasteiger partial charge in [0.1, 0.15) is 0 Å². The van der Waals surface area contributed by atoms with Gasteiger partial charge in [-0.1, -0.05) is 0 Å². The van der Waals surface area contributed by atoms with Crippen LogP contribution in [-0.2, 0) is 0 Å². The maximum Gasteiger partial charge on any atom is 0.172 e. The van der Waals surface area contributed by atoms with Crippen LogP contribution in [0.5, 0.6) is 0 Å². The van der Waals surface area contributed by atoms with Gasteiger partial charge in [0.15, 0.2) is 11.6 Å². The highest BCUT2D eigenvalue weighted by Crippen LogP contribution is 2.20. The number of hydrogen-bond donors (Lipinski definition) is 1. The number of hydrogen-bond acceptors (Lipinski definition) is 2. The molecule has 10 heavy (non-hydrogen) atoms. The Morgan fingerprint density at radius 3 is 2.10 bits per heavy atom. The van der Waals surface area contributed by atoms with Crippen molar-refractivity contribution in [3.63, 3.8) is 0 Å². The van der Waals surface area contributed by atoms with Gasteiger partial charge in [-0.15, -0.1) is 0 Å². The minimum atomic E-state index is -0.0683. The zero-order chi connectivity index (χ0) is 7.14. The molecule has 50 valence electrons. The Hall–Kier alpha value is -1.38. The average Bonchev–Trinajstić information content (AvgIpc) is 2.39. The number of Topliss-reactive ketones (excluding diaryl/α,β-unsaturated/α-hetero) is 2. The summed E-state index contributed by atoms with van der Waals surface area (Å²) in [6, 6.07) is 0. The lowest BCUT2D eigenvalue weighted by Gasteiger charge is -1.78. The molecule has 0 atom stereocenters. The number of nitrogens with one attached hydrogen (secondary N) is 1. The molecule has 0 aliphatic heterocycles. The van der Waals surface area contributed by atoms with E-state index in [0.29, 0.717) is 11.1 Å². The van der Waals surface area contributed by atoms with Crippen molar-refractivity contribution in [2.24, 2.45) is 0 Å². The molecular formula is C7H5NO2. The van der Waals surface area contributed by atoms with Gasteiger partial charge in [0.25, 0.3) is 0 Å². The molecule has 1 N–H and O–H groups in total. The summed E-state index contributed by atoms with van der Waals surface area (Å²) in [6.07, 6.45) is 3.20. The summed E-state index contributed by atoms with van der Waals surface area (Å²) < 4.78 is 0. The first kappa shape index (κ1) is 5.41. The van der Waals surface area contributed by atoms with Gasteiger partial charge in [0.2, 0.25) is 0 Å². The van der Waals surface area contributed by atoms with Crippen LogP contribution in [0, 0.1) is 0 Å². The first-order valence-electron chi connectivity index (χ1n) is 3.02. The van der Waals surface area contributed by atoms with E-state index in [9.17, 15) is 9.59 Å². The van der Waals surface area contributed by atoms with Gasteiger partial charge in [-0.25, -0.2) is 0 Å². The Morgan fingerprint density at radius 1 is 1.10 bits per heavy atom. The van der Waals surface area contributed by atoms with Gasteiger partial charge in [0, 0.05) is 23.5 Å². The third-order valence-electron chi connectivity index (χ3n) is 1.67. The van der Waals surface area contributed by atoms with Crippen molar-refractivity contribution in [3.8, 4) is 0 Å². The SMILES string of the molecule is O=C1CC(=O)c2c[nH]cc21. The molecule has 0 saturated heterocycles. The molecule has 1 aromatic rings. The zero-order valence-corrected chi connectivity index (χ0v) is 5.18. The monoisotopic (exact) mass is 135 g/mol. The smallest absolute Gasteiger partial charge is 0.172 e. The molecule has 0 radical (unpaired) electrons. The van der Waals surface area contributed by atoms with Crippen molar-refractivity contribution in [2.45, 2.75) is 6.42 Å². The second-order valence-corrected chi connectivity index (χ2v) is 2.31. The first-order chi connectivity index (χ1) is 4.79. The van der Waals surface area contributed by atoms with E-state index in [0.717, 1.165) is 0 Å². The average molecular weight is 135 g/mol. The fourth-order valence-corrected chi connectivity index (χ4v) is 1.16. The predicted octanol–water partition coefficient (Wildman–Crippen LogP) is 0.784. The number of ketones is 2. The second-order valence-electron chi connectivity index (χ2n) is 2.31. The Labute approximate surface area is 57.1 Å². The van der Waals surface area contributed by atoms with E-state index in [1.165, 1.54) is 0 Å². The standard InChI is InChI=1S/C7H5NO2/c9-6-1-7(10)5-3-8-2-4(5)6/h2-3,8H,1H2. The molecule has 0 spiro atoms. The van der Waals surface area contributed by atoms with Crippen LogP contribution in [0.25, 0.3) is 0 Å². The van der Waals surface area contributed by atoms with E-state index >= 15 is 0 Å². The largest absolute Gasteiger partial charge is 0.366 e. The van der Waals surface area contributed by atoms with Crippen molar-refractivity contribution < 1.29 is 9.59 Å². The molecule has 0 unspecified atom stereocenters. The summed E-state index contributed by atoms with van der Waals surface area (Å²) in [6.45, 7) is 0. The lowest BCUT2D eigenvalue weighted by molar-refractivity contribution is 0.0922. The van der Waals surface area contributed by atoms with Gasteiger partial charge in [-0.2, -0.15) is 0 Å². The summed E-state index contributed by atoms with van der Waals surface area (Å²) in [7, 11) is 0. The lowest BCUT2D eigenvalue weighted by atomic mass is 10.2. The first-order valence-corrected chi connectivity index (χ1v) is 3.02. The van der Waals surface area contributed by atoms with Crippen LogP contribution in [-0.4, -0.2) is 16.6 Å². The van der Waals surface area contributed by atoms with Gasteiger partial charge in [-0.05, 0) is 0 Å². The maximum atomic E-state index is 10.9. The summed E-state index contributed by atoms with van der Waals surface area (Å²) in [5.41, 5.74) is 1.09. The minimum Gasteiger partial charge on any atom is -0.366 e.